The van der Waals surface area contributed by atoms with E-state index in [0.717, 1.165) is 20.5 Å². The van der Waals surface area contributed by atoms with Crippen LogP contribution >= 0.6 is 35.3 Å². The number of rotatable bonds is 7. The van der Waals surface area contributed by atoms with E-state index in [1.165, 1.54) is 0 Å². The van der Waals surface area contributed by atoms with Crippen LogP contribution < -0.4 is 20.5 Å². The molecule has 0 aliphatic rings. The van der Waals surface area contributed by atoms with Gasteiger partial charge < -0.3 is 25.6 Å². The molecule has 3 aromatic rings. The van der Waals surface area contributed by atoms with Crippen molar-refractivity contribution in [1.29, 1.82) is 0 Å². The van der Waals surface area contributed by atoms with Crippen LogP contribution in [0.1, 0.15) is 16.5 Å². The second kappa shape index (κ2) is 10.5. The Morgan fingerprint density at radius 1 is 1.14 bits per heavy atom. The van der Waals surface area contributed by atoms with Gasteiger partial charge in [-0.1, -0.05) is 24.3 Å². The number of aliphatic hydroxyl groups is 1. The van der Waals surface area contributed by atoms with Crippen molar-refractivity contribution in [2.75, 3.05) is 20.8 Å². The third-order valence-corrected chi connectivity index (χ3v) is 5.35. The van der Waals surface area contributed by atoms with Gasteiger partial charge >= 0.3 is 0 Å². The van der Waals surface area contributed by atoms with Crippen molar-refractivity contribution in [2.24, 2.45) is 10.7 Å². The van der Waals surface area contributed by atoms with Gasteiger partial charge in [0.25, 0.3) is 0 Å². The molecular formula is C20H24IN3O3S. The van der Waals surface area contributed by atoms with Crippen molar-refractivity contribution in [3.8, 4) is 11.5 Å². The molecule has 28 heavy (non-hydrogen) atoms. The van der Waals surface area contributed by atoms with Crippen molar-refractivity contribution in [3.05, 3.63) is 59.0 Å². The number of halogens is 1. The molecule has 3 rings (SSSR count). The Hall–Kier alpha value is -2.04. The lowest BCUT2D eigenvalue weighted by molar-refractivity contribution is 0.185. The van der Waals surface area contributed by atoms with Crippen molar-refractivity contribution in [2.45, 2.75) is 12.6 Å². The van der Waals surface area contributed by atoms with Crippen LogP contribution in [-0.2, 0) is 6.54 Å². The van der Waals surface area contributed by atoms with Crippen LogP contribution in [-0.4, -0.2) is 31.8 Å². The molecule has 6 nitrogen and oxygen atoms in total. The van der Waals surface area contributed by atoms with Crippen LogP contribution in [0.15, 0.2) is 53.5 Å². The van der Waals surface area contributed by atoms with Gasteiger partial charge in [-0.05, 0) is 35.2 Å². The van der Waals surface area contributed by atoms with E-state index < -0.39 is 6.10 Å². The zero-order chi connectivity index (χ0) is 19.2. The fourth-order valence-corrected chi connectivity index (χ4v) is 3.73. The number of guanidine groups is 1. The Bertz CT molecular complexity index is 912. The van der Waals surface area contributed by atoms with Crippen LogP contribution in [0.3, 0.4) is 0 Å². The number of benzene rings is 2. The Morgan fingerprint density at radius 3 is 2.61 bits per heavy atom. The van der Waals surface area contributed by atoms with Gasteiger partial charge in [-0.2, -0.15) is 0 Å². The molecule has 0 amide bonds. The first kappa shape index (κ1) is 22.3. The monoisotopic (exact) mass is 513 g/mol. The molecule has 1 unspecified atom stereocenters. The average molecular weight is 513 g/mol. The zero-order valence-electron chi connectivity index (χ0n) is 15.7. The topological polar surface area (TPSA) is 89.1 Å². The van der Waals surface area contributed by atoms with Gasteiger partial charge in [0.2, 0.25) is 0 Å². The quantitative estimate of drug-likeness (QED) is 0.255. The zero-order valence-corrected chi connectivity index (χ0v) is 18.9. The molecule has 0 aliphatic heterocycles. The predicted molar refractivity (Wildman–Crippen MR) is 125 cm³/mol. The van der Waals surface area contributed by atoms with Gasteiger partial charge in [-0.15, -0.1) is 35.3 Å². The van der Waals surface area contributed by atoms with Crippen LogP contribution in [0.4, 0.5) is 0 Å². The fourth-order valence-electron chi connectivity index (χ4n) is 2.68. The van der Waals surface area contributed by atoms with Gasteiger partial charge in [0.15, 0.2) is 17.5 Å². The van der Waals surface area contributed by atoms with Gasteiger partial charge in [0.1, 0.15) is 6.10 Å². The predicted octanol–water partition coefficient (Wildman–Crippen LogP) is 3.67. The molecule has 8 heteroatoms. The lowest BCUT2D eigenvalue weighted by Crippen LogP contribution is -2.34. The van der Waals surface area contributed by atoms with Crippen molar-refractivity contribution in [1.82, 2.24) is 5.32 Å². The lowest BCUT2D eigenvalue weighted by atomic mass is 10.2. The fraction of sp³-hybridized carbons (Fsp3) is 0.250. The van der Waals surface area contributed by atoms with Crippen molar-refractivity contribution in [3.63, 3.8) is 0 Å². The second-order valence-electron chi connectivity index (χ2n) is 5.97. The van der Waals surface area contributed by atoms with Gasteiger partial charge in [-0.3, -0.25) is 0 Å². The largest absolute Gasteiger partial charge is 0.493 e. The van der Waals surface area contributed by atoms with Gasteiger partial charge in [0, 0.05) is 16.1 Å². The standard InChI is InChI=1S/C20H23N3O3S.HI/c1-25-16-8-7-13(9-17(16)26-2)11-22-20(21)23-12-15(24)19-10-14-5-3-4-6-18(14)27-19;/h3-10,15,24H,11-12H2,1-2H3,(H3,21,22,23);1H. The van der Waals surface area contributed by atoms with Crippen LogP contribution in [0.5, 0.6) is 11.5 Å². The maximum Gasteiger partial charge on any atom is 0.189 e. The third kappa shape index (κ3) is 5.49. The van der Waals surface area contributed by atoms with Crippen LogP contribution in [0.2, 0.25) is 0 Å². The first-order valence-corrected chi connectivity index (χ1v) is 9.33. The van der Waals surface area contributed by atoms with E-state index in [1.807, 2.05) is 48.5 Å². The van der Waals surface area contributed by atoms with E-state index in [1.54, 1.807) is 25.6 Å². The minimum Gasteiger partial charge on any atom is -0.493 e. The summed E-state index contributed by atoms with van der Waals surface area (Å²) in [5.41, 5.74) is 6.87. The summed E-state index contributed by atoms with van der Waals surface area (Å²) in [6, 6.07) is 15.7. The summed E-state index contributed by atoms with van der Waals surface area (Å²) in [4.78, 5) is 5.21. The molecule has 1 aromatic heterocycles. The van der Waals surface area contributed by atoms with E-state index >= 15 is 0 Å². The van der Waals surface area contributed by atoms with Gasteiger partial charge in [0.05, 0.1) is 20.8 Å². The summed E-state index contributed by atoms with van der Waals surface area (Å²) in [7, 11) is 3.19. The summed E-state index contributed by atoms with van der Waals surface area (Å²) in [6.45, 7) is 0.701. The molecule has 0 fully saturated rings. The van der Waals surface area contributed by atoms with Gasteiger partial charge in [-0.25, -0.2) is 4.99 Å². The molecule has 0 aliphatic carbocycles. The summed E-state index contributed by atoms with van der Waals surface area (Å²) in [5, 5.41) is 14.5. The number of thiophene rings is 1. The summed E-state index contributed by atoms with van der Waals surface area (Å²) < 4.78 is 11.7. The maximum atomic E-state index is 10.4. The number of hydrogen-bond donors (Lipinski definition) is 3. The SMILES string of the molecule is COc1ccc(CN=C(N)NCC(O)c2cc3ccccc3s2)cc1OC.I. The van der Waals surface area contributed by atoms with E-state index in [-0.39, 0.29) is 29.9 Å². The van der Waals surface area contributed by atoms with E-state index in [9.17, 15) is 5.11 Å². The highest BCUT2D eigenvalue weighted by molar-refractivity contribution is 14.0. The number of hydrogen-bond acceptors (Lipinski definition) is 5. The molecule has 2 aromatic carbocycles. The highest BCUT2D eigenvalue weighted by atomic mass is 127. The molecule has 150 valence electrons. The number of methoxy groups -OCH3 is 2. The molecule has 0 saturated carbocycles. The number of nitrogens with two attached hydrogens (primary N) is 1. The molecule has 0 bridgehead atoms. The van der Waals surface area contributed by atoms with E-state index in [0.29, 0.717) is 24.6 Å². The second-order valence-corrected chi connectivity index (χ2v) is 7.09. The van der Waals surface area contributed by atoms with E-state index in [4.69, 9.17) is 15.2 Å². The first-order chi connectivity index (χ1) is 13.1. The number of fused-ring (bicyclic) bond motifs is 1. The molecular weight excluding hydrogens is 489 g/mol. The Kier molecular flexibility index (Phi) is 8.34. The minimum absolute atomic E-state index is 0. The van der Waals surface area contributed by atoms with Crippen LogP contribution in [0.25, 0.3) is 10.1 Å². The lowest BCUT2D eigenvalue weighted by Gasteiger charge is -2.11. The molecule has 4 N–H and O–H groups in total. The van der Waals surface area contributed by atoms with Crippen molar-refractivity contribution < 1.29 is 14.6 Å². The number of aliphatic imine (C=N–C) groups is 1. The number of ether oxygens (including phenoxy) is 2. The number of nitrogens with zero attached hydrogens (tertiary/aromatic N) is 1. The molecule has 0 radical (unpaired) electrons. The number of aliphatic hydroxyl groups excluding tert-OH is 1. The Balaban J connectivity index is 0.00000280. The smallest absolute Gasteiger partial charge is 0.189 e. The molecule has 1 heterocycles. The average Bonchev–Trinajstić information content (AvgIpc) is 3.14. The normalized spacial score (nSPS) is 12.3. The maximum absolute atomic E-state index is 10.4. The van der Waals surface area contributed by atoms with Crippen LogP contribution in [0, 0.1) is 0 Å². The Labute approximate surface area is 185 Å². The van der Waals surface area contributed by atoms with E-state index in [2.05, 4.69) is 10.3 Å². The van der Waals surface area contributed by atoms with Crippen molar-refractivity contribution >= 4 is 51.4 Å². The third-order valence-electron chi connectivity index (χ3n) is 4.13. The first-order valence-electron chi connectivity index (χ1n) is 8.52. The molecule has 0 saturated heterocycles. The summed E-state index contributed by atoms with van der Waals surface area (Å²) >= 11 is 1.58. The Morgan fingerprint density at radius 2 is 1.89 bits per heavy atom. The highest BCUT2D eigenvalue weighted by Crippen LogP contribution is 2.29. The molecule has 0 spiro atoms. The minimum atomic E-state index is -0.641. The highest BCUT2D eigenvalue weighted by Gasteiger charge is 2.11. The number of nitrogens with one attached hydrogen (secondary N) is 1. The summed E-state index contributed by atoms with van der Waals surface area (Å²) in [5.74, 6) is 1.60. The summed E-state index contributed by atoms with van der Waals surface area (Å²) in [6.07, 6.45) is -0.641. The molecule has 1 atom stereocenters.